The second-order valence-electron chi connectivity index (χ2n) is 6.26. The van der Waals surface area contributed by atoms with Crippen molar-refractivity contribution in [1.29, 1.82) is 0 Å². The fourth-order valence-corrected chi connectivity index (χ4v) is 3.86. The number of nitrogens with one attached hydrogen (secondary N) is 1. The zero-order chi connectivity index (χ0) is 20.8. The summed E-state index contributed by atoms with van der Waals surface area (Å²) in [4.78, 5) is 18.1. The second kappa shape index (κ2) is 9.52. The molecule has 1 heterocycles. The summed E-state index contributed by atoms with van der Waals surface area (Å²) in [5.74, 6) is 0.750. The van der Waals surface area contributed by atoms with Gasteiger partial charge in [0, 0.05) is 16.5 Å². The smallest absolute Gasteiger partial charge is 0.229 e. The molecule has 0 radical (unpaired) electrons. The summed E-state index contributed by atoms with van der Waals surface area (Å²) >= 11 is 1.46. The maximum Gasteiger partial charge on any atom is 0.229 e. The van der Waals surface area contributed by atoms with E-state index in [4.69, 9.17) is 9.47 Å². The highest BCUT2D eigenvalue weighted by atomic mass is 32.1. The van der Waals surface area contributed by atoms with Crippen molar-refractivity contribution in [3.05, 3.63) is 58.2 Å². The Labute approximate surface area is 173 Å². The van der Waals surface area contributed by atoms with Crippen LogP contribution in [0.2, 0.25) is 0 Å². The van der Waals surface area contributed by atoms with E-state index in [0.717, 1.165) is 15.4 Å². The monoisotopic (exact) mass is 414 g/mol. The second-order valence-corrected chi connectivity index (χ2v) is 7.55. The molecular formula is C22H23FN2O3S. The molecule has 29 heavy (non-hydrogen) atoms. The predicted molar refractivity (Wildman–Crippen MR) is 113 cm³/mol. The molecule has 3 aromatic rings. The quantitative estimate of drug-likeness (QED) is 0.548. The van der Waals surface area contributed by atoms with Gasteiger partial charge in [-0.2, -0.15) is 0 Å². The van der Waals surface area contributed by atoms with Gasteiger partial charge in [0.25, 0.3) is 0 Å². The fraction of sp³-hybridized carbons (Fsp3) is 0.273. The number of hydrogen-bond donors (Lipinski definition) is 1. The average molecular weight is 415 g/mol. The van der Waals surface area contributed by atoms with Gasteiger partial charge in [0.05, 0.1) is 36.0 Å². The van der Waals surface area contributed by atoms with Crippen molar-refractivity contribution < 1.29 is 18.7 Å². The Morgan fingerprint density at radius 3 is 2.52 bits per heavy atom. The van der Waals surface area contributed by atoms with Crippen molar-refractivity contribution in [3.8, 4) is 22.8 Å². The lowest BCUT2D eigenvalue weighted by Gasteiger charge is -2.13. The molecule has 0 bridgehead atoms. The van der Waals surface area contributed by atoms with E-state index in [1.807, 2.05) is 26.8 Å². The molecule has 0 aliphatic heterocycles. The summed E-state index contributed by atoms with van der Waals surface area (Å²) < 4.78 is 24.4. The maximum absolute atomic E-state index is 13.2. The van der Waals surface area contributed by atoms with Crippen molar-refractivity contribution in [3.63, 3.8) is 0 Å². The molecule has 1 aromatic heterocycles. The van der Waals surface area contributed by atoms with Crippen molar-refractivity contribution in [2.75, 3.05) is 18.5 Å². The van der Waals surface area contributed by atoms with Crippen LogP contribution in [0.4, 0.5) is 10.1 Å². The largest absolute Gasteiger partial charge is 0.494 e. The zero-order valence-corrected chi connectivity index (χ0v) is 17.4. The summed E-state index contributed by atoms with van der Waals surface area (Å²) in [6.07, 6.45) is 0.155. The molecule has 7 heteroatoms. The number of carbonyl (C=O) groups is 1. The van der Waals surface area contributed by atoms with Gasteiger partial charge in [-0.3, -0.25) is 4.79 Å². The lowest BCUT2D eigenvalue weighted by atomic mass is 10.1. The highest BCUT2D eigenvalue weighted by Gasteiger charge is 2.17. The third kappa shape index (κ3) is 5.32. The van der Waals surface area contributed by atoms with Crippen LogP contribution < -0.4 is 14.8 Å². The first-order valence-electron chi connectivity index (χ1n) is 9.41. The van der Waals surface area contributed by atoms with Gasteiger partial charge in [-0.1, -0.05) is 0 Å². The summed E-state index contributed by atoms with van der Waals surface area (Å²) in [7, 11) is 0. The number of aromatic nitrogens is 1. The first kappa shape index (κ1) is 20.8. The molecule has 0 saturated heterocycles. The Morgan fingerprint density at radius 1 is 1.10 bits per heavy atom. The van der Waals surface area contributed by atoms with Crippen molar-refractivity contribution >= 4 is 22.9 Å². The normalized spacial score (nSPS) is 10.6. The van der Waals surface area contributed by atoms with Crippen LogP contribution in [-0.4, -0.2) is 24.1 Å². The molecule has 1 amide bonds. The van der Waals surface area contributed by atoms with Gasteiger partial charge in [-0.05, 0) is 57.2 Å². The number of benzene rings is 2. The van der Waals surface area contributed by atoms with Gasteiger partial charge in [0.15, 0.2) is 0 Å². The van der Waals surface area contributed by atoms with Crippen LogP contribution in [0.15, 0.2) is 42.5 Å². The molecule has 0 aliphatic rings. The lowest BCUT2D eigenvalue weighted by molar-refractivity contribution is -0.115. The van der Waals surface area contributed by atoms with Gasteiger partial charge in [-0.15, -0.1) is 11.3 Å². The zero-order valence-electron chi connectivity index (χ0n) is 16.6. The minimum atomic E-state index is -0.308. The number of rotatable bonds is 8. The maximum atomic E-state index is 13.2. The van der Waals surface area contributed by atoms with Gasteiger partial charge >= 0.3 is 0 Å². The molecule has 0 spiro atoms. The van der Waals surface area contributed by atoms with Crippen LogP contribution in [0.5, 0.6) is 11.5 Å². The van der Waals surface area contributed by atoms with Crippen LogP contribution in [0.3, 0.4) is 0 Å². The van der Waals surface area contributed by atoms with Gasteiger partial charge in [0.1, 0.15) is 17.3 Å². The van der Waals surface area contributed by atoms with E-state index < -0.39 is 0 Å². The molecular weight excluding hydrogens is 391 g/mol. The number of halogens is 1. The Balaban J connectivity index is 1.81. The van der Waals surface area contributed by atoms with E-state index in [-0.39, 0.29) is 18.1 Å². The molecule has 1 N–H and O–H groups in total. The Kier molecular flexibility index (Phi) is 6.82. The van der Waals surface area contributed by atoms with Crippen molar-refractivity contribution in [2.45, 2.75) is 27.2 Å². The van der Waals surface area contributed by atoms with Crippen LogP contribution >= 0.6 is 11.3 Å². The van der Waals surface area contributed by atoms with Crippen LogP contribution in [0, 0.1) is 12.7 Å². The highest BCUT2D eigenvalue weighted by Crippen LogP contribution is 2.31. The topological polar surface area (TPSA) is 60.5 Å². The number of ether oxygens (including phenoxy) is 2. The molecule has 2 aromatic carbocycles. The van der Waals surface area contributed by atoms with Gasteiger partial charge < -0.3 is 14.8 Å². The molecule has 0 atom stereocenters. The van der Waals surface area contributed by atoms with E-state index in [0.29, 0.717) is 36.1 Å². The minimum absolute atomic E-state index is 0.155. The van der Waals surface area contributed by atoms with E-state index in [1.54, 1.807) is 24.3 Å². The molecule has 0 aliphatic carbocycles. The number of aryl methyl sites for hydroxylation is 1. The Bertz CT molecular complexity index is 986. The average Bonchev–Trinajstić information content (AvgIpc) is 3.04. The van der Waals surface area contributed by atoms with Crippen molar-refractivity contribution in [2.24, 2.45) is 0 Å². The third-order valence-corrected chi connectivity index (χ3v) is 5.05. The van der Waals surface area contributed by atoms with Gasteiger partial charge in [0.2, 0.25) is 5.91 Å². The van der Waals surface area contributed by atoms with E-state index in [9.17, 15) is 9.18 Å². The minimum Gasteiger partial charge on any atom is -0.494 e. The summed E-state index contributed by atoms with van der Waals surface area (Å²) in [5, 5.41) is 3.76. The molecule has 0 fully saturated rings. The van der Waals surface area contributed by atoms with Gasteiger partial charge in [-0.25, -0.2) is 9.37 Å². The van der Waals surface area contributed by atoms with Crippen LogP contribution in [0.1, 0.15) is 23.7 Å². The molecule has 0 unspecified atom stereocenters. The highest BCUT2D eigenvalue weighted by molar-refractivity contribution is 7.12. The van der Waals surface area contributed by atoms with Crippen LogP contribution in [-0.2, 0) is 11.2 Å². The Hall–Kier alpha value is -2.93. The summed E-state index contributed by atoms with van der Waals surface area (Å²) in [6, 6.07) is 11.5. The number of amides is 1. The fourth-order valence-electron chi connectivity index (χ4n) is 2.91. The first-order valence-corrected chi connectivity index (χ1v) is 10.2. The van der Waals surface area contributed by atoms with E-state index in [2.05, 4.69) is 10.3 Å². The molecule has 3 rings (SSSR count). The number of nitrogens with zero attached hydrogens (tertiary/aromatic N) is 1. The SMILES string of the molecule is CCOc1ccc(OCC)c(NC(=O)Cc2sc(C)nc2-c2ccc(F)cc2)c1. The molecule has 5 nitrogen and oxygen atoms in total. The Morgan fingerprint density at radius 2 is 1.83 bits per heavy atom. The predicted octanol–water partition coefficient (Wildman–Crippen LogP) is 5.24. The summed E-state index contributed by atoms with van der Waals surface area (Å²) in [6.45, 7) is 6.69. The standard InChI is InChI=1S/C22H23FN2O3S/c1-4-27-17-10-11-19(28-5-2)18(12-17)25-21(26)13-20-22(24-14(3)29-20)15-6-8-16(23)9-7-15/h6-12H,4-5,13H2,1-3H3,(H,25,26). The van der Waals surface area contributed by atoms with Crippen molar-refractivity contribution in [1.82, 2.24) is 4.98 Å². The number of anilines is 1. The third-order valence-electron chi connectivity index (χ3n) is 4.08. The first-order chi connectivity index (χ1) is 14.0. The van der Waals surface area contributed by atoms with Crippen LogP contribution in [0.25, 0.3) is 11.3 Å². The number of carbonyl (C=O) groups excluding carboxylic acids is 1. The lowest BCUT2D eigenvalue weighted by Crippen LogP contribution is -2.15. The van der Waals surface area contributed by atoms with E-state index in [1.165, 1.54) is 23.5 Å². The number of thiazole rings is 1. The molecule has 152 valence electrons. The summed E-state index contributed by atoms with van der Waals surface area (Å²) in [5.41, 5.74) is 2.05. The molecule has 0 saturated carbocycles. The number of hydrogen-bond acceptors (Lipinski definition) is 5. The van der Waals surface area contributed by atoms with E-state index >= 15 is 0 Å².